The summed E-state index contributed by atoms with van der Waals surface area (Å²) < 4.78 is 5.25. The largest absolute Gasteiger partial charge is 0.414 e. The minimum atomic E-state index is -0.300. The highest BCUT2D eigenvalue weighted by atomic mass is 16.6. The van der Waals surface area contributed by atoms with Crippen LogP contribution in [0.3, 0.4) is 0 Å². The fraction of sp³-hybridized carbons (Fsp3) is 0.417. The van der Waals surface area contributed by atoms with Gasteiger partial charge in [0.25, 0.3) is 0 Å². The van der Waals surface area contributed by atoms with Gasteiger partial charge >= 0.3 is 6.09 Å². The Morgan fingerprint density at radius 1 is 1.40 bits per heavy atom. The first-order valence-electron chi connectivity index (χ1n) is 5.13. The first-order chi connectivity index (χ1) is 7.15. The van der Waals surface area contributed by atoms with Crippen molar-refractivity contribution in [1.82, 2.24) is 4.90 Å². The van der Waals surface area contributed by atoms with Crippen LogP contribution in [0.15, 0.2) is 24.3 Å². The maximum absolute atomic E-state index is 11.6. The Morgan fingerprint density at radius 2 is 2.07 bits per heavy atom. The fourth-order valence-electron chi connectivity index (χ4n) is 1.27. The van der Waals surface area contributed by atoms with Crippen molar-refractivity contribution in [1.29, 1.82) is 0 Å². The summed E-state index contributed by atoms with van der Waals surface area (Å²) in [5, 5.41) is 0. The number of carbonyl (C=O) groups is 1. The Balaban J connectivity index is 2.62. The maximum atomic E-state index is 11.6. The predicted octanol–water partition coefficient (Wildman–Crippen LogP) is 2.84. The third-order valence-electron chi connectivity index (χ3n) is 2.16. The molecular weight excluding hydrogens is 190 g/mol. The van der Waals surface area contributed by atoms with Gasteiger partial charge in [-0.2, -0.15) is 0 Å². The summed E-state index contributed by atoms with van der Waals surface area (Å²) >= 11 is 0. The van der Waals surface area contributed by atoms with Crippen LogP contribution in [0.25, 0.3) is 0 Å². The molecule has 0 aromatic heterocycles. The normalized spacial score (nSPS) is 9.80. The second kappa shape index (κ2) is 5.39. The molecule has 0 radical (unpaired) electrons. The van der Waals surface area contributed by atoms with E-state index in [0.29, 0.717) is 12.3 Å². The summed E-state index contributed by atoms with van der Waals surface area (Å²) in [5.74, 6) is 0.630. The first-order valence-corrected chi connectivity index (χ1v) is 5.13. The van der Waals surface area contributed by atoms with Crippen LogP contribution in [0.2, 0.25) is 0 Å². The lowest BCUT2D eigenvalue weighted by molar-refractivity contribution is 0.162. The molecule has 1 aromatic rings. The van der Waals surface area contributed by atoms with E-state index in [1.54, 1.807) is 18.0 Å². The van der Waals surface area contributed by atoms with Crippen LogP contribution in [0.4, 0.5) is 4.79 Å². The highest BCUT2D eigenvalue weighted by Gasteiger charge is 2.10. The Kier molecular flexibility index (Phi) is 4.16. The van der Waals surface area contributed by atoms with E-state index >= 15 is 0 Å². The molecule has 0 fully saturated rings. The lowest BCUT2D eigenvalue weighted by Gasteiger charge is -2.16. The zero-order valence-corrected chi connectivity index (χ0v) is 9.49. The van der Waals surface area contributed by atoms with Crippen LogP contribution in [0.5, 0.6) is 5.75 Å². The number of rotatable bonds is 3. The zero-order chi connectivity index (χ0) is 11.3. The smallest absolute Gasteiger partial charge is 0.410 e. The minimum absolute atomic E-state index is 0.300. The number of benzene rings is 1. The third-order valence-corrected chi connectivity index (χ3v) is 2.16. The van der Waals surface area contributed by atoms with Crippen LogP contribution >= 0.6 is 0 Å². The van der Waals surface area contributed by atoms with Crippen LogP contribution in [0, 0.1) is 6.92 Å². The number of para-hydroxylation sites is 1. The van der Waals surface area contributed by atoms with E-state index in [1.165, 1.54) is 0 Å². The molecule has 0 spiro atoms. The number of hydrogen-bond acceptors (Lipinski definition) is 2. The van der Waals surface area contributed by atoms with Gasteiger partial charge in [0, 0.05) is 13.6 Å². The average Bonchev–Trinajstić information content (AvgIpc) is 2.21. The fourth-order valence-corrected chi connectivity index (χ4v) is 1.27. The lowest BCUT2D eigenvalue weighted by atomic mass is 10.2. The maximum Gasteiger partial charge on any atom is 0.414 e. The van der Waals surface area contributed by atoms with Crippen molar-refractivity contribution in [3.63, 3.8) is 0 Å². The van der Waals surface area contributed by atoms with E-state index in [9.17, 15) is 4.79 Å². The Bertz CT molecular complexity index is 336. The minimum Gasteiger partial charge on any atom is -0.410 e. The van der Waals surface area contributed by atoms with Crippen molar-refractivity contribution < 1.29 is 9.53 Å². The summed E-state index contributed by atoms with van der Waals surface area (Å²) in [4.78, 5) is 13.1. The SMILES string of the molecule is CCCN(C)C(=O)Oc1ccccc1C. The molecule has 3 nitrogen and oxygen atoms in total. The third kappa shape index (κ3) is 3.27. The molecule has 0 saturated carbocycles. The molecule has 15 heavy (non-hydrogen) atoms. The van der Waals surface area contributed by atoms with Gasteiger partial charge in [-0.3, -0.25) is 0 Å². The molecule has 0 aliphatic heterocycles. The van der Waals surface area contributed by atoms with Gasteiger partial charge in [0.15, 0.2) is 0 Å². The van der Waals surface area contributed by atoms with Crippen LogP contribution in [-0.4, -0.2) is 24.6 Å². The monoisotopic (exact) mass is 207 g/mol. The molecular formula is C12H17NO2. The molecule has 0 heterocycles. The van der Waals surface area contributed by atoms with E-state index < -0.39 is 0 Å². The van der Waals surface area contributed by atoms with Crippen molar-refractivity contribution in [2.24, 2.45) is 0 Å². The Morgan fingerprint density at radius 3 is 2.67 bits per heavy atom. The van der Waals surface area contributed by atoms with Crippen molar-refractivity contribution in [3.8, 4) is 5.75 Å². The van der Waals surface area contributed by atoms with Gasteiger partial charge in [0.05, 0.1) is 0 Å². The van der Waals surface area contributed by atoms with Crippen LogP contribution in [-0.2, 0) is 0 Å². The van der Waals surface area contributed by atoms with Gasteiger partial charge in [-0.05, 0) is 25.0 Å². The molecule has 0 bridgehead atoms. The molecule has 3 heteroatoms. The summed E-state index contributed by atoms with van der Waals surface area (Å²) in [6.45, 7) is 4.66. The number of carbonyl (C=O) groups excluding carboxylic acids is 1. The molecule has 0 aliphatic carbocycles. The lowest BCUT2D eigenvalue weighted by Crippen LogP contribution is -2.30. The van der Waals surface area contributed by atoms with Crippen LogP contribution in [0.1, 0.15) is 18.9 Å². The summed E-state index contributed by atoms with van der Waals surface area (Å²) in [7, 11) is 1.74. The number of aryl methyl sites for hydroxylation is 1. The molecule has 1 rings (SSSR count). The van der Waals surface area contributed by atoms with Crippen molar-refractivity contribution in [2.45, 2.75) is 20.3 Å². The van der Waals surface area contributed by atoms with Gasteiger partial charge in [-0.25, -0.2) is 4.79 Å². The number of amides is 1. The molecule has 0 atom stereocenters. The molecule has 1 aromatic carbocycles. The van der Waals surface area contributed by atoms with Gasteiger partial charge in [0.2, 0.25) is 0 Å². The second-order valence-electron chi connectivity index (χ2n) is 3.56. The second-order valence-corrected chi connectivity index (χ2v) is 3.56. The van der Waals surface area contributed by atoms with E-state index in [2.05, 4.69) is 0 Å². The molecule has 0 unspecified atom stereocenters. The summed E-state index contributed by atoms with van der Waals surface area (Å²) in [5.41, 5.74) is 0.968. The topological polar surface area (TPSA) is 29.5 Å². The standard InChI is InChI=1S/C12H17NO2/c1-4-9-13(3)12(14)15-11-8-6-5-7-10(11)2/h5-8H,4,9H2,1-3H3. The van der Waals surface area contributed by atoms with Crippen LogP contribution < -0.4 is 4.74 Å². The molecule has 0 saturated heterocycles. The summed E-state index contributed by atoms with van der Waals surface area (Å²) in [6.07, 6.45) is 0.630. The van der Waals surface area contributed by atoms with Crippen molar-refractivity contribution in [3.05, 3.63) is 29.8 Å². The number of nitrogens with zero attached hydrogens (tertiary/aromatic N) is 1. The Hall–Kier alpha value is -1.51. The number of hydrogen-bond donors (Lipinski definition) is 0. The highest BCUT2D eigenvalue weighted by molar-refractivity contribution is 5.70. The van der Waals surface area contributed by atoms with E-state index in [-0.39, 0.29) is 6.09 Å². The highest BCUT2D eigenvalue weighted by Crippen LogP contribution is 2.16. The first kappa shape index (κ1) is 11.6. The number of ether oxygens (including phenoxy) is 1. The molecule has 0 N–H and O–H groups in total. The van der Waals surface area contributed by atoms with Gasteiger partial charge in [0.1, 0.15) is 5.75 Å². The molecule has 1 amide bonds. The van der Waals surface area contributed by atoms with E-state index in [0.717, 1.165) is 12.0 Å². The summed E-state index contributed by atoms with van der Waals surface area (Å²) in [6, 6.07) is 7.49. The van der Waals surface area contributed by atoms with Crippen molar-refractivity contribution >= 4 is 6.09 Å². The Labute approximate surface area is 90.7 Å². The van der Waals surface area contributed by atoms with E-state index in [4.69, 9.17) is 4.74 Å². The van der Waals surface area contributed by atoms with Gasteiger partial charge in [-0.1, -0.05) is 25.1 Å². The van der Waals surface area contributed by atoms with Gasteiger partial charge in [-0.15, -0.1) is 0 Å². The van der Waals surface area contributed by atoms with Gasteiger partial charge < -0.3 is 9.64 Å². The van der Waals surface area contributed by atoms with E-state index in [1.807, 2.05) is 32.0 Å². The average molecular weight is 207 g/mol. The molecule has 82 valence electrons. The predicted molar refractivity (Wildman–Crippen MR) is 60.1 cm³/mol. The molecule has 0 aliphatic rings. The van der Waals surface area contributed by atoms with Crippen molar-refractivity contribution in [2.75, 3.05) is 13.6 Å². The zero-order valence-electron chi connectivity index (χ0n) is 9.49. The quantitative estimate of drug-likeness (QED) is 0.762.